The third-order valence-electron chi connectivity index (χ3n) is 12.0. The minimum Gasteiger partial charge on any atom is -0.504 e. The number of nitrogens with one attached hydrogen (secondary N) is 1. The number of hydrogen-bond acceptors (Lipinski definition) is 6. The third kappa shape index (κ3) is 3.20. The summed E-state index contributed by atoms with van der Waals surface area (Å²) in [6, 6.07) is 13.8. The third-order valence-corrected chi connectivity index (χ3v) is 12.0. The maximum Gasteiger partial charge on any atom is 0.237 e. The molecule has 2 aromatic rings. The minimum atomic E-state index is -0.597. The number of carbonyl (C=O) groups excluding carboxylic acids is 1. The standard InChI is InChI=1S/C33H41N3O4/c1-39-33-12-11-31(17-23(33)18-35-29(38)24(34)15-20-5-3-2-4-6-20)26-16-22-9-10-25(37)28-27(22)32(31,30(33)40-28)13-14-36(26)19-21-7-8-21/h2-6,9-10,21,23-24,26,30,37H,7-8,11-19,34H2,1H3,(H,35,38)/t23-,24+,26-,30-,31-,32+,33-/m1/s1. The number of likely N-dealkylation sites (tertiary alicyclic amines) is 1. The van der Waals surface area contributed by atoms with E-state index < -0.39 is 11.6 Å². The van der Waals surface area contributed by atoms with Crippen molar-refractivity contribution in [2.45, 2.75) is 80.6 Å². The lowest BCUT2D eigenvalue weighted by Crippen LogP contribution is -2.81. The van der Waals surface area contributed by atoms with Crippen LogP contribution >= 0.6 is 0 Å². The van der Waals surface area contributed by atoms with E-state index in [2.05, 4.69) is 16.3 Å². The van der Waals surface area contributed by atoms with Gasteiger partial charge in [0, 0.05) is 48.6 Å². The van der Waals surface area contributed by atoms with Gasteiger partial charge in [0.05, 0.1) is 6.04 Å². The van der Waals surface area contributed by atoms with Gasteiger partial charge in [0.25, 0.3) is 0 Å². The minimum absolute atomic E-state index is 0.0404. The van der Waals surface area contributed by atoms with E-state index in [-0.39, 0.29) is 34.5 Å². The summed E-state index contributed by atoms with van der Waals surface area (Å²) in [5, 5.41) is 14.3. The maximum absolute atomic E-state index is 13.2. The normalized spacial score (nSPS) is 37.5. The van der Waals surface area contributed by atoms with Crippen LogP contribution in [-0.2, 0) is 27.8 Å². The van der Waals surface area contributed by atoms with Crippen molar-refractivity contribution < 1.29 is 19.4 Å². The molecular weight excluding hydrogens is 502 g/mol. The van der Waals surface area contributed by atoms with Crippen LogP contribution in [0.3, 0.4) is 0 Å². The first-order valence-electron chi connectivity index (χ1n) is 15.3. The van der Waals surface area contributed by atoms with Gasteiger partial charge in [-0.1, -0.05) is 36.4 Å². The number of aromatic hydroxyl groups is 1. The van der Waals surface area contributed by atoms with Crippen LogP contribution in [0.5, 0.6) is 11.5 Å². The van der Waals surface area contributed by atoms with Crippen LogP contribution in [0.2, 0.25) is 0 Å². The maximum atomic E-state index is 13.2. The van der Waals surface area contributed by atoms with Crippen LogP contribution in [0.15, 0.2) is 42.5 Å². The summed E-state index contributed by atoms with van der Waals surface area (Å²) in [5.74, 6) is 1.78. The number of amides is 1. The van der Waals surface area contributed by atoms with E-state index in [1.807, 2.05) is 43.5 Å². The highest BCUT2D eigenvalue weighted by Crippen LogP contribution is 2.76. The van der Waals surface area contributed by atoms with Crippen molar-refractivity contribution in [2.75, 3.05) is 26.7 Å². The topological polar surface area (TPSA) is 97.0 Å². The summed E-state index contributed by atoms with van der Waals surface area (Å²) < 4.78 is 13.4. The first-order chi connectivity index (χ1) is 19.4. The zero-order chi connectivity index (χ0) is 27.3. The lowest BCUT2D eigenvalue weighted by atomic mass is 9.35. The number of phenols is 1. The number of hydrogen-bond donors (Lipinski definition) is 3. The smallest absolute Gasteiger partial charge is 0.237 e. The van der Waals surface area contributed by atoms with Crippen LogP contribution in [0, 0.1) is 17.3 Å². The van der Waals surface area contributed by atoms with Crippen molar-refractivity contribution >= 4 is 5.91 Å². The van der Waals surface area contributed by atoms with E-state index in [9.17, 15) is 9.90 Å². The molecule has 0 unspecified atom stereocenters. The SMILES string of the molecule is CO[C@]12CC[C@@]3(C[C@@H]1CNC(=O)[C@@H](N)Cc1ccccc1)[C@H]1Cc4ccc(O)c5c4[C@@]3(CCN1CC1CC1)[C@H]2O5. The molecular formula is C33H41N3O4. The molecule has 0 radical (unpaired) electrons. The number of phenolic OH excluding ortho intramolecular Hbond substituents is 1. The van der Waals surface area contributed by atoms with Gasteiger partial charge in [-0.25, -0.2) is 0 Å². The number of methoxy groups -OCH3 is 1. The average molecular weight is 544 g/mol. The summed E-state index contributed by atoms with van der Waals surface area (Å²) in [6.45, 7) is 2.80. The highest BCUT2D eigenvalue weighted by atomic mass is 16.6. The van der Waals surface area contributed by atoms with Gasteiger partial charge in [0.15, 0.2) is 11.5 Å². The molecule has 5 fully saturated rings. The predicted octanol–water partition coefficient (Wildman–Crippen LogP) is 3.30. The summed E-state index contributed by atoms with van der Waals surface area (Å²) in [4.78, 5) is 16.0. The second-order valence-electron chi connectivity index (χ2n) is 13.6. The number of nitrogens with zero attached hydrogens (tertiary/aromatic N) is 1. The summed E-state index contributed by atoms with van der Waals surface area (Å²) >= 11 is 0. The van der Waals surface area contributed by atoms with Crippen molar-refractivity contribution in [3.63, 3.8) is 0 Å². The first-order valence-corrected chi connectivity index (χ1v) is 15.3. The molecule has 4 bridgehead atoms. The molecule has 7 heteroatoms. The molecule has 7 nitrogen and oxygen atoms in total. The number of rotatable bonds is 8. The zero-order valence-corrected chi connectivity index (χ0v) is 23.4. The lowest BCUT2D eigenvalue weighted by Gasteiger charge is -2.74. The Morgan fingerprint density at radius 2 is 2.02 bits per heavy atom. The number of fused-ring (bicyclic) bond motifs is 2. The van der Waals surface area contributed by atoms with Crippen molar-refractivity contribution in [3.05, 3.63) is 59.2 Å². The van der Waals surface area contributed by atoms with Crippen molar-refractivity contribution in [1.29, 1.82) is 0 Å². The van der Waals surface area contributed by atoms with Gasteiger partial charge in [-0.15, -0.1) is 0 Å². The molecule has 0 aromatic heterocycles. The van der Waals surface area contributed by atoms with E-state index >= 15 is 0 Å². The number of carbonyl (C=O) groups is 1. The summed E-state index contributed by atoms with van der Waals surface area (Å²) in [5.41, 5.74) is 9.41. The first kappa shape index (κ1) is 25.1. The van der Waals surface area contributed by atoms with E-state index in [1.54, 1.807) is 0 Å². The molecule has 9 rings (SSSR count). The van der Waals surface area contributed by atoms with Crippen LogP contribution in [0.4, 0.5) is 0 Å². The molecule has 7 atom stereocenters. The molecule has 1 amide bonds. The molecule has 4 N–H and O–H groups in total. The largest absolute Gasteiger partial charge is 0.504 e. The monoisotopic (exact) mass is 543 g/mol. The Hall–Kier alpha value is -2.61. The quantitative estimate of drug-likeness (QED) is 0.473. The number of nitrogens with two attached hydrogens (primary N) is 1. The van der Waals surface area contributed by atoms with Crippen molar-refractivity contribution in [3.8, 4) is 11.5 Å². The Morgan fingerprint density at radius 3 is 2.80 bits per heavy atom. The highest BCUT2D eigenvalue weighted by Gasteiger charge is 2.80. The molecule has 4 saturated carbocycles. The van der Waals surface area contributed by atoms with Gasteiger partial charge in [-0.05, 0) is 81.0 Å². The second kappa shape index (κ2) is 8.70. The zero-order valence-electron chi connectivity index (χ0n) is 23.4. The van der Waals surface area contributed by atoms with Gasteiger partial charge in [0.2, 0.25) is 5.91 Å². The number of piperidine rings is 1. The van der Waals surface area contributed by atoms with Gasteiger partial charge in [-0.2, -0.15) is 0 Å². The van der Waals surface area contributed by atoms with Crippen LogP contribution in [-0.4, -0.2) is 66.4 Å². The lowest BCUT2D eigenvalue weighted by molar-refractivity contribution is -0.276. The fourth-order valence-electron chi connectivity index (χ4n) is 10.1. The molecule has 7 aliphatic rings. The van der Waals surface area contributed by atoms with E-state index in [0.717, 1.165) is 50.1 Å². The fraction of sp³-hybridized carbons (Fsp3) is 0.606. The summed E-state index contributed by atoms with van der Waals surface area (Å²) in [7, 11) is 1.82. The predicted molar refractivity (Wildman–Crippen MR) is 151 cm³/mol. The molecule has 40 heavy (non-hydrogen) atoms. The van der Waals surface area contributed by atoms with Crippen LogP contribution in [0.25, 0.3) is 0 Å². The molecule has 5 aliphatic carbocycles. The number of benzene rings is 2. The molecule has 2 spiro atoms. The van der Waals surface area contributed by atoms with Gasteiger partial charge in [0.1, 0.15) is 11.7 Å². The summed E-state index contributed by atoms with van der Waals surface area (Å²) in [6.07, 6.45) is 8.10. The molecule has 212 valence electrons. The molecule has 2 aliphatic heterocycles. The highest BCUT2D eigenvalue weighted by molar-refractivity contribution is 5.81. The average Bonchev–Trinajstić information content (AvgIpc) is 3.71. The van der Waals surface area contributed by atoms with Gasteiger partial charge < -0.3 is 25.6 Å². The Morgan fingerprint density at radius 1 is 1.20 bits per heavy atom. The number of ether oxygens (including phenoxy) is 2. The Labute approximate surface area is 236 Å². The van der Waals surface area contributed by atoms with E-state index in [0.29, 0.717) is 24.8 Å². The van der Waals surface area contributed by atoms with E-state index in [4.69, 9.17) is 15.2 Å². The molecule has 1 saturated heterocycles. The van der Waals surface area contributed by atoms with Crippen LogP contribution in [0.1, 0.15) is 55.2 Å². The van der Waals surface area contributed by atoms with Crippen molar-refractivity contribution in [1.82, 2.24) is 10.2 Å². The Balaban J connectivity index is 1.14. The Bertz CT molecular complexity index is 1350. The molecule has 2 heterocycles. The van der Waals surface area contributed by atoms with E-state index in [1.165, 1.54) is 30.5 Å². The molecule has 2 aromatic carbocycles. The Kier molecular flexibility index (Phi) is 5.46. The van der Waals surface area contributed by atoms with Crippen LogP contribution < -0.4 is 15.8 Å². The van der Waals surface area contributed by atoms with Gasteiger partial charge in [-0.3, -0.25) is 9.69 Å². The second-order valence-corrected chi connectivity index (χ2v) is 13.6. The fourth-order valence-corrected chi connectivity index (χ4v) is 10.1. The van der Waals surface area contributed by atoms with Crippen molar-refractivity contribution in [2.24, 2.45) is 23.0 Å². The van der Waals surface area contributed by atoms with Gasteiger partial charge >= 0.3 is 0 Å².